The maximum atomic E-state index is 5.55. The van der Waals surface area contributed by atoms with Gasteiger partial charge < -0.3 is 5.73 Å². The van der Waals surface area contributed by atoms with E-state index >= 15 is 0 Å². The minimum atomic E-state index is 0.368. The number of halogens is 1. The predicted molar refractivity (Wildman–Crippen MR) is 64.9 cm³/mol. The Bertz CT molecular complexity index is 495. The Labute approximate surface area is 100 Å². The molecule has 0 saturated heterocycles. The smallest absolute Gasteiger partial charge is 0.138 e. The molecule has 0 radical (unpaired) electrons. The molecule has 0 saturated carbocycles. The number of nitrogens with two attached hydrogens (primary N) is 1. The van der Waals surface area contributed by atoms with Crippen LogP contribution in [0.15, 0.2) is 35.3 Å². The molecule has 1 heterocycles. The van der Waals surface area contributed by atoms with Crippen LogP contribution in [0.5, 0.6) is 0 Å². The monoisotopic (exact) mass is 282 g/mol. The van der Waals surface area contributed by atoms with Gasteiger partial charge in [-0.2, -0.15) is 5.10 Å². The number of hydrogen-bond donors (Lipinski definition) is 1. The number of aromatic nitrogens is 3. The van der Waals surface area contributed by atoms with Crippen molar-refractivity contribution in [2.45, 2.75) is 0 Å². The Balaban J connectivity index is 2.47. The van der Waals surface area contributed by atoms with E-state index in [2.05, 4.69) is 26.0 Å². The lowest BCUT2D eigenvalue weighted by Gasteiger charge is -2.05. The zero-order valence-electron chi connectivity index (χ0n) is 7.59. The maximum absolute atomic E-state index is 5.55. The molecule has 6 heteroatoms. The van der Waals surface area contributed by atoms with Gasteiger partial charge in [0.05, 0.1) is 5.69 Å². The van der Waals surface area contributed by atoms with Gasteiger partial charge in [0.2, 0.25) is 0 Å². The van der Waals surface area contributed by atoms with Crippen molar-refractivity contribution in [1.29, 1.82) is 0 Å². The summed E-state index contributed by atoms with van der Waals surface area (Å²) in [6, 6.07) is 5.63. The van der Waals surface area contributed by atoms with Crippen molar-refractivity contribution < 1.29 is 0 Å². The van der Waals surface area contributed by atoms with Crippen molar-refractivity contribution >= 4 is 33.1 Å². The van der Waals surface area contributed by atoms with E-state index in [1.54, 1.807) is 11.0 Å². The van der Waals surface area contributed by atoms with E-state index < -0.39 is 0 Å². The molecule has 1 aromatic carbocycles. The van der Waals surface area contributed by atoms with Gasteiger partial charge in [0.15, 0.2) is 0 Å². The third-order valence-electron chi connectivity index (χ3n) is 1.90. The Hall–Kier alpha value is -1.27. The number of thiocarbonyl (C=S) groups is 1. The molecule has 0 aliphatic rings. The lowest BCUT2D eigenvalue weighted by molar-refractivity contribution is 0.878. The van der Waals surface area contributed by atoms with E-state index in [-0.39, 0.29) is 0 Å². The predicted octanol–water partition coefficient (Wildman–Crippen LogP) is 1.66. The standard InChI is InChI=1S/C9H7BrN4S/c10-8-3-6(14-5-12-4-13-14)1-2-7(8)9(11)15/h1-5H,(H2,11,15). The zero-order valence-corrected chi connectivity index (χ0v) is 9.99. The van der Waals surface area contributed by atoms with Crippen molar-refractivity contribution in [2.24, 2.45) is 5.73 Å². The molecular weight excluding hydrogens is 276 g/mol. The summed E-state index contributed by atoms with van der Waals surface area (Å²) in [5.74, 6) is 0. The fourth-order valence-corrected chi connectivity index (χ4v) is 2.08. The van der Waals surface area contributed by atoms with Gasteiger partial charge in [0.1, 0.15) is 17.6 Å². The molecule has 0 atom stereocenters. The van der Waals surface area contributed by atoms with Crippen LogP contribution in [0, 0.1) is 0 Å². The van der Waals surface area contributed by atoms with Crippen molar-refractivity contribution in [3.63, 3.8) is 0 Å². The molecule has 0 amide bonds. The van der Waals surface area contributed by atoms with E-state index in [0.717, 1.165) is 15.7 Å². The second-order valence-electron chi connectivity index (χ2n) is 2.87. The van der Waals surface area contributed by atoms with E-state index in [1.807, 2.05) is 18.2 Å². The van der Waals surface area contributed by atoms with Crippen LogP contribution in [-0.4, -0.2) is 19.8 Å². The number of benzene rings is 1. The van der Waals surface area contributed by atoms with Crippen LogP contribution in [0.3, 0.4) is 0 Å². The Kier molecular flexibility index (Phi) is 2.79. The molecule has 0 aliphatic carbocycles. The average Bonchev–Trinajstić information content (AvgIpc) is 2.69. The van der Waals surface area contributed by atoms with E-state index in [9.17, 15) is 0 Å². The summed E-state index contributed by atoms with van der Waals surface area (Å²) in [4.78, 5) is 4.24. The second-order valence-corrected chi connectivity index (χ2v) is 4.16. The topological polar surface area (TPSA) is 56.7 Å². The molecule has 4 nitrogen and oxygen atoms in total. The van der Waals surface area contributed by atoms with Crippen LogP contribution in [-0.2, 0) is 0 Å². The van der Waals surface area contributed by atoms with Gasteiger partial charge in [0.25, 0.3) is 0 Å². The first-order valence-corrected chi connectivity index (χ1v) is 5.33. The lowest BCUT2D eigenvalue weighted by atomic mass is 10.2. The molecule has 15 heavy (non-hydrogen) atoms. The van der Waals surface area contributed by atoms with Crippen molar-refractivity contribution in [1.82, 2.24) is 14.8 Å². The summed E-state index contributed by atoms with van der Waals surface area (Å²) < 4.78 is 2.51. The summed E-state index contributed by atoms with van der Waals surface area (Å²) in [5.41, 5.74) is 7.27. The highest BCUT2D eigenvalue weighted by atomic mass is 79.9. The molecule has 0 unspecified atom stereocenters. The van der Waals surface area contributed by atoms with Crippen molar-refractivity contribution in [2.75, 3.05) is 0 Å². The molecule has 2 N–H and O–H groups in total. The summed E-state index contributed by atoms with van der Waals surface area (Å²) in [7, 11) is 0. The molecule has 2 aromatic rings. The Morgan fingerprint density at radius 2 is 2.27 bits per heavy atom. The lowest BCUT2D eigenvalue weighted by Crippen LogP contribution is -2.10. The molecule has 0 aliphatic heterocycles. The van der Waals surface area contributed by atoms with Crippen LogP contribution in [0.4, 0.5) is 0 Å². The normalized spacial score (nSPS) is 10.2. The minimum Gasteiger partial charge on any atom is -0.389 e. The first-order chi connectivity index (χ1) is 7.18. The van der Waals surface area contributed by atoms with E-state index in [4.69, 9.17) is 18.0 Å². The molecule has 1 aromatic heterocycles. The molecule has 0 spiro atoms. The van der Waals surface area contributed by atoms with Gasteiger partial charge >= 0.3 is 0 Å². The SMILES string of the molecule is NC(=S)c1ccc(-n2cncn2)cc1Br. The third-order valence-corrected chi connectivity index (χ3v) is 2.78. The molecule has 2 rings (SSSR count). The van der Waals surface area contributed by atoms with Crippen LogP contribution in [0.1, 0.15) is 5.56 Å². The summed E-state index contributed by atoms with van der Waals surface area (Å²) in [6.45, 7) is 0. The minimum absolute atomic E-state index is 0.368. The van der Waals surface area contributed by atoms with Gasteiger partial charge in [-0.3, -0.25) is 0 Å². The Morgan fingerprint density at radius 3 is 2.80 bits per heavy atom. The summed E-state index contributed by atoms with van der Waals surface area (Å²) in [6.07, 6.45) is 3.11. The summed E-state index contributed by atoms with van der Waals surface area (Å²) >= 11 is 8.31. The van der Waals surface area contributed by atoms with E-state index in [1.165, 1.54) is 6.33 Å². The van der Waals surface area contributed by atoms with Crippen molar-refractivity contribution in [3.8, 4) is 5.69 Å². The highest BCUT2D eigenvalue weighted by molar-refractivity contribution is 9.10. The van der Waals surface area contributed by atoms with Gasteiger partial charge in [-0.1, -0.05) is 12.2 Å². The first-order valence-electron chi connectivity index (χ1n) is 4.13. The molecule has 0 bridgehead atoms. The molecule has 0 fully saturated rings. The van der Waals surface area contributed by atoms with Crippen LogP contribution >= 0.6 is 28.1 Å². The first kappa shape index (κ1) is 10.3. The zero-order chi connectivity index (χ0) is 10.8. The largest absolute Gasteiger partial charge is 0.389 e. The van der Waals surface area contributed by atoms with Gasteiger partial charge in [-0.25, -0.2) is 9.67 Å². The van der Waals surface area contributed by atoms with Crippen molar-refractivity contribution in [3.05, 3.63) is 40.9 Å². The van der Waals surface area contributed by atoms with Gasteiger partial charge in [0, 0.05) is 10.0 Å². The fourth-order valence-electron chi connectivity index (χ4n) is 1.19. The summed E-state index contributed by atoms with van der Waals surface area (Å²) in [5, 5.41) is 4.02. The van der Waals surface area contributed by atoms with Crippen LogP contribution in [0.2, 0.25) is 0 Å². The van der Waals surface area contributed by atoms with Gasteiger partial charge in [-0.15, -0.1) is 0 Å². The van der Waals surface area contributed by atoms with Crippen LogP contribution in [0.25, 0.3) is 5.69 Å². The number of nitrogens with zero attached hydrogens (tertiary/aromatic N) is 3. The fraction of sp³-hybridized carbons (Fsp3) is 0. The Morgan fingerprint density at radius 1 is 1.47 bits per heavy atom. The third kappa shape index (κ3) is 2.05. The number of hydrogen-bond acceptors (Lipinski definition) is 3. The highest BCUT2D eigenvalue weighted by Crippen LogP contribution is 2.20. The quantitative estimate of drug-likeness (QED) is 0.852. The average molecular weight is 283 g/mol. The highest BCUT2D eigenvalue weighted by Gasteiger charge is 2.05. The van der Waals surface area contributed by atoms with Crippen LogP contribution < -0.4 is 5.73 Å². The molecular formula is C9H7BrN4S. The number of rotatable bonds is 2. The molecule has 76 valence electrons. The maximum Gasteiger partial charge on any atom is 0.138 e. The van der Waals surface area contributed by atoms with E-state index in [0.29, 0.717) is 4.99 Å². The second kappa shape index (κ2) is 4.08. The van der Waals surface area contributed by atoms with Gasteiger partial charge in [-0.05, 0) is 34.1 Å².